The molecule has 0 unspecified atom stereocenters. The van der Waals surface area contributed by atoms with E-state index in [-0.39, 0.29) is 0 Å². The lowest BCUT2D eigenvalue weighted by molar-refractivity contribution is 0.122. The van der Waals surface area contributed by atoms with Gasteiger partial charge in [-0.2, -0.15) is 0 Å². The highest BCUT2D eigenvalue weighted by atomic mass is 16.5. The molecule has 0 bridgehead atoms. The van der Waals surface area contributed by atoms with Gasteiger partial charge in [0, 0.05) is 20.1 Å². The summed E-state index contributed by atoms with van der Waals surface area (Å²) in [6.45, 7) is 3.59. The van der Waals surface area contributed by atoms with Crippen molar-refractivity contribution in [1.29, 1.82) is 0 Å². The third-order valence-corrected chi connectivity index (χ3v) is 2.13. The van der Waals surface area contributed by atoms with Crippen LogP contribution in [0.2, 0.25) is 0 Å². The molecule has 0 atom stereocenters. The summed E-state index contributed by atoms with van der Waals surface area (Å²) in [5, 5.41) is 0. The lowest BCUT2D eigenvalue weighted by Gasteiger charge is -2.28. The Labute approximate surface area is 71.8 Å². The van der Waals surface area contributed by atoms with E-state index in [9.17, 15) is 0 Å². The molecule has 1 fully saturated rings. The minimum Gasteiger partial charge on any atom is -0.378 e. The maximum Gasteiger partial charge on any atom is 0.128 e. The zero-order valence-electron chi connectivity index (χ0n) is 7.23. The summed E-state index contributed by atoms with van der Waals surface area (Å²) < 4.78 is 7.30. The molecule has 0 spiro atoms. The first-order chi connectivity index (χ1) is 5.88. The van der Waals surface area contributed by atoms with Gasteiger partial charge in [0.1, 0.15) is 5.82 Å². The van der Waals surface area contributed by atoms with E-state index in [1.807, 2.05) is 24.1 Å². The average molecular weight is 167 g/mol. The molecule has 0 aliphatic carbocycles. The van der Waals surface area contributed by atoms with Crippen LogP contribution in [-0.4, -0.2) is 35.9 Å². The molecule has 1 aromatic rings. The molecule has 0 amide bonds. The number of imidazole rings is 1. The number of aromatic nitrogens is 2. The molecule has 4 nitrogen and oxygen atoms in total. The van der Waals surface area contributed by atoms with Crippen LogP contribution in [0.1, 0.15) is 0 Å². The third kappa shape index (κ3) is 1.30. The Kier molecular flexibility index (Phi) is 1.99. The van der Waals surface area contributed by atoms with Crippen molar-refractivity contribution in [3.05, 3.63) is 12.5 Å². The molecule has 4 heteroatoms. The average Bonchev–Trinajstić information content (AvgIpc) is 2.53. The van der Waals surface area contributed by atoms with E-state index < -0.39 is 0 Å². The number of nitrogens with zero attached hydrogens (tertiary/aromatic N) is 3. The fourth-order valence-electron chi connectivity index (χ4n) is 1.45. The molecule has 1 saturated heterocycles. The molecule has 2 heterocycles. The van der Waals surface area contributed by atoms with Crippen molar-refractivity contribution >= 4 is 5.82 Å². The van der Waals surface area contributed by atoms with Crippen molar-refractivity contribution in [3.8, 4) is 0 Å². The zero-order chi connectivity index (χ0) is 8.39. The first-order valence-corrected chi connectivity index (χ1v) is 4.17. The molecule has 1 aromatic heterocycles. The Balaban J connectivity index is 2.13. The summed E-state index contributed by atoms with van der Waals surface area (Å²) in [4.78, 5) is 6.37. The highest BCUT2D eigenvalue weighted by Gasteiger charge is 2.12. The highest BCUT2D eigenvalue weighted by molar-refractivity contribution is 5.37. The maximum atomic E-state index is 5.27. The van der Waals surface area contributed by atoms with E-state index in [1.54, 1.807) is 0 Å². The summed E-state index contributed by atoms with van der Waals surface area (Å²) in [6.07, 6.45) is 3.72. The van der Waals surface area contributed by atoms with E-state index in [0.29, 0.717) is 0 Å². The van der Waals surface area contributed by atoms with Crippen molar-refractivity contribution in [2.24, 2.45) is 7.05 Å². The van der Waals surface area contributed by atoms with E-state index in [1.165, 1.54) is 5.82 Å². The van der Waals surface area contributed by atoms with Crippen molar-refractivity contribution < 1.29 is 4.74 Å². The Bertz CT molecular complexity index is 253. The zero-order valence-corrected chi connectivity index (χ0v) is 7.23. The number of anilines is 1. The number of ether oxygens (including phenoxy) is 1. The molecule has 1 aliphatic heterocycles. The summed E-state index contributed by atoms with van der Waals surface area (Å²) in [5.74, 6) is 1.18. The SMILES string of the molecule is Cn1cncc1N1CCOCC1. The Morgan fingerprint density at radius 2 is 2.17 bits per heavy atom. The summed E-state index contributed by atoms with van der Waals surface area (Å²) in [7, 11) is 2.01. The number of rotatable bonds is 1. The largest absolute Gasteiger partial charge is 0.378 e. The van der Waals surface area contributed by atoms with Crippen LogP contribution in [0.15, 0.2) is 12.5 Å². The smallest absolute Gasteiger partial charge is 0.128 e. The standard InChI is InChI=1S/C8H13N3O/c1-10-7-9-6-8(10)11-2-4-12-5-3-11/h6-7H,2-5H2,1H3. The summed E-state index contributed by atoms with van der Waals surface area (Å²) in [5.41, 5.74) is 0. The van der Waals surface area contributed by atoms with Crippen LogP contribution >= 0.6 is 0 Å². The lowest BCUT2D eigenvalue weighted by atomic mass is 10.4. The van der Waals surface area contributed by atoms with Crippen molar-refractivity contribution in [3.63, 3.8) is 0 Å². The number of morpholine rings is 1. The second kappa shape index (κ2) is 3.15. The van der Waals surface area contributed by atoms with Crippen LogP contribution in [0, 0.1) is 0 Å². The van der Waals surface area contributed by atoms with E-state index in [2.05, 4.69) is 9.88 Å². The molecular formula is C8H13N3O. The predicted molar refractivity (Wildman–Crippen MR) is 46.2 cm³/mol. The van der Waals surface area contributed by atoms with Gasteiger partial charge in [-0.25, -0.2) is 4.98 Å². The van der Waals surface area contributed by atoms with E-state index >= 15 is 0 Å². The first kappa shape index (κ1) is 7.61. The molecule has 0 radical (unpaired) electrons. The lowest BCUT2D eigenvalue weighted by Crippen LogP contribution is -2.37. The molecule has 66 valence electrons. The number of hydrogen-bond acceptors (Lipinski definition) is 3. The van der Waals surface area contributed by atoms with Gasteiger partial charge >= 0.3 is 0 Å². The van der Waals surface area contributed by atoms with Gasteiger partial charge in [0.25, 0.3) is 0 Å². The molecule has 0 saturated carbocycles. The number of hydrogen-bond donors (Lipinski definition) is 0. The van der Waals surface area contributed by atoms with Gasteiger partial charge in [0.15, 0.2) is 0 Å². The van der Waals surface area contributed by atoms with Crippen LogP contribution in [0.4, 0.5) is 5.82 Å². The fourth-order valence-corrected chi connectivity index (χ4v) is 1.45. The van der Waals surface area contributed by atoms with Gasteiger partial charge in [-0.1, -0.05) is 0 Å². The van der Waals surface area contributed by atoms with Crippen molar-refractivity contribution in [2.45, 2.75) is 0 Å². The molecule has 0 N–H and O–H groups in total. The molecule has 2 rings (SSSR count). The Morgan fingerprint density at radius 3 is 2.75 bits per heavy atom. The first-order valence-electron chi connectivity index (χ1n) is 4.17. The van der Waals surface area contributed by atoms with E-state index in [4.69, 9.17) is 4.74 Å². The molecular weight excluding hydrogens is 154 g/mol. The fraction of sp³-hybridized carbons (Fsp3) is 0.625. The minimum atomic E-state index is 0.825. The van der Waals surface area contributed by atoms with Crippen LogP contribution in [-0.2, 0) is 11.8 Å². The molecule has 0 aromatic carbocycles. The van der Waals surface area contributed by atoms with Crippen LogP contribution < -0.4 is 4.90 Å². The van der Waals surface area contributed by atoms with Gasteiger partial charge in [-0.3, -0.25) is 0 Å². The van der Waals surface area contributed by atoms with Gasteiger partial charge in [0.2, 0.25) is 0 Å². The summed E-state index contributed by atoms with van der Waals surface area (Å²) >= 11 is 0. The monoisotopic (exact) mass is 167 g/mol. The third-order valence-electron chi connectivity index (χ3n) is 2.13. The van der Waals surface area contributed by atoms with Crippen molar-refractivity contribution in [1.82, 2.24) is 9.55 Å². The van der Waals surface area contributed by atoms with Gasteiger partial charge in [0.05, 0.1) is 25.7 Å². The van der Waals surface area contributed by atoms with Crippen LogP contribution in [0.5, 0.6) is 0 Å². The molecule has 12 heavy (non-hydrogen) atoms. The Morgan fingerprint density at radius 1 is 1.42 bits per heavy atom. The maximum absolute atomic E-state index is 5.27. The number of aryl methyl sites for hydroxylation is 1. The quantitative estimate of drug-likeness (QED) is 0.601. The molecule has 1 aliphatic rings. The minimum absolute atomic E-state index is 0.825. The van der Waals surface area contributed by atoms with Crippen LogP contribution in [0.25, 0.3) is 0 Å². The second-order valence-corrected chi connectivity index (χ2v) is 2.96. The van der Waals surface area contributed by atoms with Gasteiger partial charge in [-0.15, -0.1) is 0 Å². The second-order valence-electron chi connectivity index (χ2n) is 2.96. The van der Waals surface area contributed by atoms with E-state index in [0.717, 1.165) is 26.3 Å². The van der Waals surface area contributed by atoms with Gasteiger partial charge in [-0.05, 0) is 0 Å². The van der Waals surface area contributed by atoms with Crippen molar-refractivity contribution in [2.75, 3.05) is 31.2 Å². The summed E-state index contributed by atoms with van der Waals surface area (Å²) in [6, 6.07) is 0. The topological polar surface area (TPSA) is 30.3 Å². The predicted octanol–water partition coefficient (Wildman–Crippen LogP) is 0.257. The highest BCUT2D eigenvalue weighted by Crippen LogP contribution is 2.12. The Hall–Kier alpha value is -1.03. The van der Waals surface area contributed by atoms with Gasteiger partial charge < -0.3 is 14.2 Å². The van der Waals surface area contributed by atoms with Crippen LogP contribution in [0.3, 0.4) is 0 Å². The normalized spacial score (nSPS) is 18.2.